The van der Waals surface area contributed by atoms with Crippen LogP contribution in [-0.2, 0) is 4.74 Å². The fourth-order valence-corrected chi connectivity index (χ4v) is 3.59. The summed E-state index contributed by atoms with van der Waals surface area (Å²) in [6.07, 6.45) is 3.61. The second-order valence-electron chi connectivity index (χ2n) is 5.78. The molecule has 0 amide bonds. The molecule has 0 aliphatic carbocycles. The third kappa shape index (κ3) is 2.39. The van der Waals surface area contributed by atoms with Crippen molar-refractivity contribution < 1.29 is 14.6 Å². The van der Waals surface area contributed by atoms with Crippen molar-refractivity contribution in [3.8, 4) is 0 Å². The summed E-state index contributed by atoms with van der Waals surface area (Å²) in [6, 6.07) is 3.91. The molecule has 0 atom stereocenters. The van der Waals surface area contributed by atoms with Gasteiger partial charge in [0, 0.05) is 31.4 Å². The van der Waals surface area contributed by atoms with Crippen LogP contribution in [0.15, 0.2) is 18.2 Å². The van der Waals surface area contributed by atoms with Gasteiger partial charge in [0.25, 0.3) is 11.4 Å². The summed E-state index contributed by atoms with van der Waals surface area (Å²) in [4.78, 5) is 23.1. The Labute approximate surface area is 127 Å². The largest absolute Gasteiger partial charge is 0.381 e. The Bertz CT molecular complexity index is 612. The molecule has 1 spiro atoms. The maximum atomic E-state index is 11.4. The van der Waals surface area contributed by atoms with Gasteiger partial charge in [-0.05, 0) is 31.7 Å². The Balaban J connectivity index is 2.03. The van der Waals surface area contributed by atoms with E-state index in [9.17, 15) is 20.2 Å². The Morgan fingerprint density at radius 2 is 1.82 bits per heavy atom. The van der Waals surface area contributed by atoms with Crippen molar-refractivity contribution in [3.05, 3.63) is 38.4 Å². The first-order chi connectivity index (χ1) is 10.5. The molecule has 2 saturated heterocycles. The minimum Gasteiger partial charge on any atom is -0.381 e. The zero-order valence-electron chi connectivity index (χ0n) is 12.1. The quantitative estimate of drug-likeness (QED) is 0.628. The van der Waals surface area contributed by atoms with E-state index in [2.05, 4.69) is 4.90 Å². The van der Waals surface area contributed by atoms with Crippen LogP contribution in [0, 0.1) is 20.2 Å². The van der Waals surface area contributed by atoms with Crippen molar-refractivity contribution in [1.82, 2.24) is 0 Å². The van der Waals surface area contributed by atoms with E-state index in [1.165, 1.54) is 12.1 Å². The lowest BCUT2D eigenvalue weighted by Gasteiger charge is -2.42. The Hall–Kier alpha value is -2.22. The van der Waals surface area contributed by atoms with E-state index >= 15 is 0 Å². The second kappa shape index (κ2) is 5.53. The van der Waals surface area contributed by atoms with E-state index in [1.807, 2.05) is 0 Å². The number of benzene rings is 1. The van der Waals surface area contributed by atoms with Crippen LogP contribution in [0.1, 0.15) is 25.7 Å². The van der Waals surface area contributed by atoms with Crippen LogP contribution in [0.3, 0.4) is 0 Å². The number of non-ortho nitro benzene ring substituents is 1. The van der Waals surface area contributed by atoms with Gasteiger partial charge in [-0.15, -0.1) is 0 Å². The van der Waals surface area contributed by atoms with Crippen molar-refractivity contribution in [2.24, 2.45) is 0 Å². The van der Waals surface area contributed by atoms with Crippen LogP contribution >= 0.6 is 0 Å². The third-order valence-electron chi connectivity index (χ3n) is 4.68. The predicted octanol–water partition coefficient (Wildman–Crippen LogP) is 2.65. The number of nitro groups is 2. The number of hydrogen-bond donors (Lipinski definition) is 0. The van der Waals surface area contributed by atoms with E-state index in [1.54, 1.807) is 0 Å². The molecule has 0 N–H and O–H groups in total. The van der Waals surface area contributed by atoms with Crippen molar-refractivity contribution in [2.75, 3.05) is 24.7 Å². The fraction of sp³-hybridized carbons (Fsp3) is 0.571. The highest BCUT2D eigenvalue weighted by atomic mass is 16.6. The lowest BCUT2D eigenvalue weighted by Crippen LogP contribution is -2.48. The van der Waals surface area contributed by atoms with Crippen LogP contribution in [0.2, 0.25) is 0 Å². The van der Waals surface area contributed by atoms with Crippen molar-refractivity contribution in [3.63, 3.8) is 0 Å². The van der Waals surface area contributed by atoms with E-state index < -0.39 is 9.85 Å². The Kier molecular flexibility index (Phi) is 3.69. The van der Waals surface area contributed by atoms with Gasteiger partial charge in [0.15, 0.2) is 0 Å². The first-order valence-electron chi connectivity index (χ1n) is 7.32. The van der Waals surface area contributed by atoms with Crippen LogP contribution < -0.4 is 4.90 Å². The van der Waals surface area contributed by atoms with Crippen molar-refractivity contribution in [2.45, 2.75) is 31.2 Å². The van der Waals surface area contributed by atoms with Gasteiger partial charge in [-0.3, -0.25) is 20.2 Å². The Morgan fingerprint density at radius 1 is 1.09 bits per heavy atom. The molecule has 1 aromatic rings. The zero-order valence-corrected chi connectivity index (χ0v) is 12.1. The topological polar surface area (TPSA) is 98.8 Å². The van der Waals surface area contributed by atoms with Gasteiger partial charge in [0.1, 0.15) is 5.69 Å². The molecule has 1 aromatic carbocycles. The molecule has 2 aliphatic heterocycles. The molecule has 2 heterocycles. The van der Waals surface area contributed by atoms with Gasteiger partial charge >= 0.3 is 0 Å². The van der Waals surface area contributed by atoms with E-state index in [-0.39, 0.29) is 16.9 Å². The van der Waals surface area contributed by atoms with Gasteiger partial charge in [0.05, 0.1) is 15.9 Å². The number of anilines is 1. The van der Waals surface area contributed by atoms with Crippen molar-refractivity contribution in [1.29, 1.82) is 0 Å². The average Bonchev–Trinajstić information content (AvgIpc) is 2.90. The maximum Gasteiger partial charge on any atom is 0.299 e. The third-order valence-corrected chi connectivity index (χ3v) is 4.68. The minimum absolute atomic E-state index is 0.112. The predicted molar refractivity (Wildman–Crippen MR) is 79.1 cm³/mol. The smallest absolute Gasteiger partial charge is 0.299 e. The molecule has 22 heavy (non-hydrogen) atoms. The van der Waals surface area contributed by atoms with Gasteiger partial charge < -0.3 is 9.64 Å². The number of nitro benzene ring substituents is 2. The number of rotatable bonds is 3. The van der Waals surface area contributed by atoms with Gasteiger partial charge in [-0.25, -0.2) is 0 Å². The summed E-state index contributed by atoms with van der Waals surface area (Å²) >= 11 is 0. The molecule has 0 radical (unpaired) electrons. The number of nitrogens with zero attached hydrogens (tertiary/aromatic N) is 3. The minimum atomic E-state index is -0.606. The normalized spacial score (nSPS) is 20.3. The highest BCUT2D eigenvalue weighted by molar-refractivity contribution is 5.68. The van der Waals surface area contributed by atoms with E-state index in [0.29, 0.717) is 18.9 Å². The van der Waals surface area contributed by atoms with Crippen LogP contribution in [0.5, 0.6) is 0 Å². The molecule has 3 rings (SSSR count). The summed E-state index contributed by atoms with van der Waals surface area (Å²) in [5.74, 6) is 0. The van der Waals surface area contributed by atoms with Crippen LogP contribution in [0.4, 0.5) is 17.1 Å². The average molecular weight is 307 g/mol. The molecule has 0 saturated carbocycles. The highest BCUT2D eigenvalue weighted by Crippen LogP contribution is 2.44. The van der Waals surface area contributed by atoms with E-state index in [0.717, 1.165) is 38.3 Å². The molecule has 8 heteroatoms. The fourth-order valence-electron chi connectivity index (χ4n) is 3.59. The monoisotopic (exact) mass is 307 g/mol. The molecule has 0 unspecified atom stereocenters. The van der Waals surface area contributed by atoms with Crippen LogP contribution in [-0.4, -0.2) is 35.1 Å². The summed E-state index contributed by atoms with van der Waals surface area (Å²) in [6.45, 7) is 2.03. The second-order valence-corrected chi connectivity index (χ2v) is 5.78. The molecular weight excluding hydrogens is 290 g/mol. The summed E-state index contributed by atoms with van der Waals surface area (Å²) < 4.78 is 5.42. The first-order valence-corrected chi connectivity index (χ1v) is 7.32. The SMILES string of the molecule is O=[N+]([O-])c1ccc(N2CCCC23CCOCC3)c([N+](=O)[O-])c1. The van der Waals surface area contributed by atoms with E-state index in [4.69, 9.17) is 4.74 Å². The number of hydrogen-bond acceptors (Lipinski definition) is 6. The van der Waals surface area contributed by atoms with Gasteiger partial charge in [0.2, 0.25) is 0 Å². The molecular formula is C14H17N3O5. The first kappa shape index (κ1) is 14.7. The number of ether oxygens (including phenoxy) is 1. The summed E-state index contributed by atoms with van der Waals surface area (Å²) in [7, 11) is 0. The highest BCUT2D eigenvalue weighted by Gasteiger charge is 2.44. The lowest BCUT2D eigenvalue weighted by atomic mass is 9.87. The van der Waals surface area contributed by atoms with Gasteiger partial charge in [-0.2, -0.15) is 0 Å². The molecule has 0 aromatic heterocycles. The maximum absolute atomic E-state index is 11.4. The van der Waals surface area contributed by atoms with Crippen molar-refractivity contribution >= 4 is 17.1 Å². The molecule has 118 valence electrons. The molecule has 8 nitrogen and oxygen atoms in total. The lowest BCUT2D eigenvalue weighted by molar-refractivity contribution is -0.393. The molecule has 0 bridgehead atoms. The standard InChI is InChI=1S/C14H17N3O5/c18-16(19)11-2-3-12(13(10-11)17(20)21)15-7-1-4-14(15)5-8-22-9-6-14/h2-3,10H,1,4-9H2. The van der Waals surface area contributed by atoms with Gasteiger partial charge in [-0.1, -0.05) is 0 Å². The summed E-state index contributed by atoms with van der Waals surface area (Å²) in [5, 5.41) is 22.2. The molecule has 2 aliphatic rings. The van der Waals surface area contributed by atoms with Crippen LogP contribution in [0.25, 0.3) is 0 Å². The molecule has 2 fully saturated rings. The Morgan fingerprint density at radius 3 is 2.45 bits per heavy atom. The zero-order chi connectivity index (χ0) is 15.7. The summed E-state index contributed by atoms with van der Waals surface area (Å²) in [5.41, 5.74) is -0.0771.